The first-order chi connectivity index (χ1) is 11.2. The zero-order chi connectivity index (χ0) is 16.1. The Labute approximate surface area is 151 Å². The zero-order valence-electron chi connectivity index (χ0n) is 13.2. The van der Waals surface area contributed by atoms with Crippen LogP contribution in [-0.2, 0) is 16.1 Å². The van der Waals surface area contributed by atoms with E-state index in [1.165, 1.54) is 11.3 Å². The molecule has 130 valence electrons. The van der Waals surface area contributed by atoms with Crippen LogP contribution in [0.1, 0.15) is 17.8 Å². The van der Waals surface area contributed by atoms with Gasteiger partial charge in [-0.2, -0.15) is 0 Å². The van der Waals surface area contributed by atoms with Gasteiger partial charge in [-0.15, -0.1) is 22.6 Å². The van der Waals surface area contributed by atoms with E-state index < -0.39 is 6.04 Å². The van der Waals surface area contributed by atoms with E-state index in [1.807, 2.05) is 30.3 Å². The van der Waals surface area contributed by atoms with Gasteiger partial charge in [-0.05, 0) is 18.8 Å². The Morgan fingerprint density at radius 1 is 1.29 bits per heavy atom. The largest absolute Gasteiger partial charge is 0.381 e. The molecule has 3 rings (SSSR count). The van der Waals surface area contributed by atoms with E-state index in [1.54, 1.807) is 0 Å². The number of hydrogen-bond acceptors (Lipinski definition) is 6. The van der Waals surface area contributed by atoms with Crippen LogP contribution in [0.5, 0.6) is 0 Å². The lowest BCUT2D eigenvalue weighted by Crippen LogP contribution is -2.46. The van der Waals surface area contributed by atoms with E-state index in [9.17, 15) is 4.79 Å². The third kappa shape index (κ3) is 4.73. The van der Waals surface area contributed by atoms with E-state index in [4.69, 9.17) is 10.5 Å². The minimum absolute atomic E-state index is 0. The number of carbonyl (C=O) groups excluding carboxylic acids is 1. The fourth-order valence-corrected chi connectivity index (χ4v) is 3.38. The molecule has 8 heteroatoms. The molecule has 1 aliphatic heterocycles. The van der Waals surface area contributed by atoms with Gasteiger partial charge in [0.15, 0.2) is 0 Å². The van der Waals surface area contributed by atoms with Gasteiger partial charge >= 0.3 is 0 Å². The van der Waals surface area contributed by atoms with Gasteiger partial charge < -0.3 is 15.8 Å². The van der Waals surface area contributed by atoms with Crippen LogP contribution in [0.2, 0.25) is 0 Å². The molecule has 6 nitrogen and oxygen atoms in total. The summed E-state index contributed by atoms with van der Waals surface area (Å²) < 4.78 is 5.30. The molecule has 24 heavy (non-hydrogen) atoms. The predicted molar refractivity (Wildman–Crippen MR) is 96.0 cm³/mol. The number of amides is 1. The standard InChI is InChI=1S/C16H20N4O2S.ClH/c17-14(11-6-8-22-9-7-11)15(21)18-10-13-19-20-16(23-13)12-4-2-1-3-5-12;/h1-5,11,14H,6-10,17H2,(H,18,21);1H. The molecule has 0 spiro atoms. The minimum atomic E-state index is -0.486. The first-order valence-corrected chi connectivity index (χ1v) is 8.54. The summed E-state index contributed by atoms with van der Waals surface area (Å²) in [5, 5.41) is 12.8. The van der Waals surface area contributed by atoms with Crippen molar-refractivity contribution in [3.8, 4) is 10.6 Å². The number of rotatable bonds is 5. The van der Waals surface area contributed by atoms with Crippen LogP contribution < -0.4 is 11.1 Å². The predicted octanol–water partition coefficient (Wildman–Crippen LogP) is 2.00. The van der Waals surface area contributed by atoms with Gasteiger partial charge in [0, 0.05) is 18.8 Å². The normalized spacial score (nSPS) is 16.2. The van der Waals surface area contributed by atoms with Crippen molar-refractivity contribution in [3.63, 3.8) is 0 Å². The molecular weight excluding hydrogens is 348 g/mol. The van der Waals surface area contributed by atoms with E-state index in [2.05, 4.69) is 15.5 Å². The fourth-order valence-electron chi connectivity index (χ4n) is 2.59. The van der Waals surface area contributed by atoms with Gasteiger partial charge in [0.05, 0.1) is 12.6 Å². The van der Waals surface area contributed by atoms with Crippen molar-refractivity contribution in [3.05, 3.63) is 35.3 Å². The van der Waals surface area contributed by atoms with Crippen molar-refractivity contribution < 1.29 is 9.53 Å². The highest BCUT2D eigenvalue weighted by Crippen LogP contribution is 2.23. The van der Waals surface area contributed by atoms with Crippen LogP contribution >= 0.6 is 23.7 Å². The average molecular weight is 369 g/mol. The summed E-state index contributed by atoms with van der Waals surface area (Å²) in [5.41, 5.74) is 7.08. The highest BCUT2D eigenvalue weighted by molar-refractivity contribution is 7.14. The summed E-state index contributed by atoms with van der Waals surface area (Å²) in [4.78, 5) is 12.2. The van der Waals surface area contributed by atoms with Crippen LogP contribution in [0.4, 0.5) is 0 Å². The lowest BCUT2D eigenvalue weighted by atomic mass is 9.92. The molecule has 1 fully saturated rings. The van der Waals surface area contributed by atoms with Gasteiger partial charge in [-0.3, -0.25) is 4.79 Å². The van der Waals surface area contributed by atoms with Gasteiger partial charge in [-0.25, -0.2) is 0 Å². The van der Waals surface area contributed by atoms with Crippen molar-refractivity contribution in [1.29, 1.82) is 0 Å². The SMILES string of the molecule is Cl.NC(C(=O)NCc1nnc(-c2ccccc2)s1)C1CCOCC1. The van der Waals surface area contributed by atoms with Crippen LogP contribution in [0.25, 0.3) is 10.6 Å². The number of aromatic nitrogens is 2. The monoisotopic (exact) mass is 368 g/mol. The number of halogens is 1. The molecular formula is C16H21ClN4O2S. The van der Waals surface area contributed by atoms with Gasteiger partial charge in [0.25, 0.3) is 0 Å². The molecule has 1 atom stereocenters. The maximum absolute atomic E-state index is 12.2. The van der Waals surface area contributed by atoms with Crippen LogP contribution in [0, 0.1) is 5.92 Å². The topological polar surface area (TPSA) is 90.1 Å². The quantitative estimate of drug-likeness (QED) is 0.842. The number of benzene rings is 1. The summed E-state index contributed by atoms with van der Waals surface area (Å²) in [6, 6.07) is 9.38. The van der Waals surface area contributed by atoms with Crippen molar-refractivity contribution in [1.82, 2.24) is 15.5 Å². The fraction of sp³-hybridized carbons (Fsp3) is 0.438. The Kier molecular flexibility index (Phi) is 7.11. The number of carbonyl (C=O) groups is 1. The molecule has 1 amide bonds. The van der Waals surface area contributed by atoms with E-state index in [0.717, 1.165) is 28.4 Å². The average Bonchev–Trinajstić information content (AvgIpc) is 3.09. The molecule has 0 radical (unpaired) electrons. The Balaban J connectivity index is 0.00000208. The van der Waals surface area contributed by atoms with Crippen LogP contribution in [0.15, 0.2) is 30.3 Å². The van der Waals surface area contributed by atoms with Gasteiger partial charge in [0.1, 0.15) is 10.0 Å². The number of nitrogens with two attached hydrogens (primary N) is 1. The van der Waals surface area contributed by atoms with Gasteiger partial charge in [-0.1, -0.05) is 41.7 Å². The highest BCUT2D eigenvalue weighted by Gasteiger charge is 2.26. The lowest BCUT2D eigenvalue weighted by Gasteiger charge is -2.26. The van der Waals surface area contributed by atoms with Crippen molar-refractivity contribution in [2.24, 2.45) is 11.7 Å². The molecule has 2 aromatic rings. The molecule has 1 unspecified atom stereocenters. The van der Waals surface area contributed by atoms with E-state index >= 15 is 0 Å². The maximum Gasteiger partial charge on any atom is 0.237 e. The molecule has 2 heterocycles. The second kappa shape index (κ2) is 9.08. The minimum Gasteiger partial charge on any atom is -0.381 e. The molecule has 0 saturated carbocycles. The first kappa shape index (κ1) is 18.8. The van der Waals surface area contributed by atoms with Crippen molar-refractivity contribution in [2.45, 2.75) is 25.4 Å². The second-order valence-corrected chi connectivity index (χ2v) is 6.62. The Bertz CT molecular complexity index is 647. The lowest BCUT2D eigenvalue weighted by molar-refractivity contribution is -0.124. The third-order valence-corrected chi connectivity index (χ3v) is 4.95. The number of hydrogen-bond donors (Lipinski definition) is 2. The summed E-state index contributed by atoms with van der Waals surface area (Å²) in [6.07, 6.45) is 1.68. The van der Waals surface area contributed by atoms with Gasteiger partial charge in [0.2, 0.25) is 5.91 Å². The summed E-state index contributed by atoms with van der Waals surface area (Å²) in [6.45, 7) is 1.73. The number of nitrogens with zero attached hydrogens (tertiary/aromatic N) is 2. The highest BCUT2D eigenvalue weighted by atomic mass is 35.5. The molecule has 1 aliphatic rings. The van der Waals surface area contributed by atoms with E-state index in [0.29, 0.717) is 19.8 Å². The van der Waals surface area contributed by atoms with Crippen molar-refractivity contribution >= 4 is 29.7 Å². The van der Waals surface area contributed by atoms with Crippen LogP contribution in [0.3, 0.4) is 0 Å². The summed E-state index contributed by atoms with van der Waals surface area (Å²) in [7, 11) is 0. The van der Waals surface area contributed by atoms with Crippen LogP contribution in [-0.4, -0.2) is 35.4 Å². The Morgan fingerprint density at radius 2 is 2.00 bits per heavy atom. The van der Waals surface area contributed by atoms with E-state index in [-0.39, 0.29) is 24.2 Å². The first-order valence-electron chi connectivity index (χ1n) is 7.73. The molecule has 1 aromatic heterocycles. The summed E-state index contributed by atoms with van der Waals surface area (Å²) in [5.74, 6) is 0.0615. The molecule has 3 N–H and O–H groups in total. The Morgan fingerprint density at radius 3 is 2.71 bits per heavy atom. The molecule has 0 bridgehead atoms. The Hall–Kier alpha value is -1.54. The third-order valence-electron chi connectivity index (χ3n) is 3.98. The smallest absolute Gasteiger partial charge is 0.237 e. The maximum atomic E-state index is 12.2. The summed E-state index contributed by atoms with van der Waals surface area (Å²) >= 11 is 1.48. The zero-order valence-corrected chi connectivity index (χ0v) is 14.8. The number of nitrogens with one attached hydrogen (secondary N) is 1. The molecule has 0 aliphatic carbocycles. The van der Waals surface area contributed by atoms with Crippen molar-refractivity contribution in [2.75, 3.05) is 13.2 Å². The molecule has 1 aromatic carbocycles. The second-order valence-electron chi connectivity index (χ2n) is 5.56. The number of ether oxygens (including phenoxy) is 1. The molecule has 1 saturated heterocycles.